The van der Waals surface area contributed by atoms with Gasteiger partial charge in [-0.1, -0.05) is 0 Å². The van der Waals surface area contributed by atoms with Crippen LogP contribution in [0.25, 0.3) is 10.9 Å². The van der Waals surface area contributed by atoms with Crippen molar-refractivity contribution in [3.63, 3.8) is 0 Å². The van der Waals surface area contributed by atoms with E-state index >= 15 is 0 Å². The van der Waals surface area contributed by atoms with E-state index in [0.717, 1.165) is 0 Å². The van der Waals surface area contributed by atoms with Crippen LogP contribution in [0, 0.1) is 5.95 Å². The van der Waals surface area contributed by atoms with Gasteiger partial charge in [-0.15, -0.1) is 0 Å². The molecule has 60 valence electrons. The highest BCUT2D eigenvalue weighted by molar-refractivity contribution is 5.88. The van der Waals surface area contributed by atoms with Crippen LogP contribution >= 0.6 is 0 Å². The number of anilines is 1. The Morgan fingerprint density at radius 1 is 1.33 bits per heavy atom. The van der Waals surface area contributed by atoms with Crippen molar-refractivity contribution in [2.24, 2.45) is 0 Å². The van der Waals surface area contributed by atoms with Crippen LogP contribution in [0.3, 0.4) is 0 Å². The molecule has 2 aromatic heterocycles. The van der Waals surface area contributed by atoms with Crippen molar-refractivity contribution >= 4 is 16.6 Å². The Morgan fingerprint density at radius 3 is 3.00 bits per heavy atom. The molecule has 12 heavy (non-hydrogen) atoms. The molecule has 0 aromatic carbocycles. The lowest BCUT2D eigenvalue weighted by Crippen LogP contribution is -1.91. The van der Waals surface area contributed by atoms with E-state index in [0.29, 0.717) is 16.6 Å². The number of nitrogens with two attached hydrogens (primary N) is 1. The third-order valence-corrected chi connectivity index (χ3v) is 1.63. The molecule has 0 bridgehead atoms. The van der Waals surface area contributed by atoms with E-state index in [1.165, 1.54) is 12.3 Å². The summed E-state index contributed by atoms with van der Waals surface area (Å²) in [6.45, 7) is 0. The fraction of sp³-hybridized carbons (Fsp3) is 0. The molecule has 0 saturated heterocycles. The minimum atomic E-state index is -0.540. The van der Waals surface area contributed by atoms with Crippen LogP contribution in [0.15, 0.2) is 24.5 Å². The van der Waals surface area contributed by atoms with Crippen LogP contribution in [-0.2, 0) is 0 Å². The summed E-state index contributed by atoms with van der Waals surface area (Å²) < 4.78 is 12.6. The predicted octanol–water partition coefficient (Wildman–Crippen LogP) is 1.35. The van der Waals surface area contributed by atoms with Crippen LogP contribution in [0.5, 0.6) is 0 Å². The zero-order valence-electron chi connectivity index (χ0n) is 6.16. The first-order valence-electron chi connectivity index (χ1n) is 3.43. The van der Waals surface area contributed by atoms with Gasteiger partial charge < -0.3 is 5.73 Å². The smallest absolute Gasteiger partial charge is 0.213 e. The summed E-state index contributed by atoms with van der Waals surface area (Å²) in [6, 6.07) is 2.90. The maximum Gasteiger partial charge on any atom is 0.213 e. The molecule has 0 atom stereocenters. The predicted molar refractivity (Wildman–Crippen MR) is 43.9 cm³/mol. The summed E-state index contributed by atoms with van der Waals surface area (Å²) in [5.74, 6) is -0.540. The minimum absolute atomic E-state index is 0.515. The molecule has 2 N–H and O–H groups in total. The summed E-state index contributed by atoms with van der Waals surface area (Å²) >= 11 is 0. The summed E-state index contributed by atoms with van der Waals surface area (Å²) in [6.07, 6.45) is 2.93. The highest BCUT2D eigenvalue weighted by atomic mass is 19.1. The van der Waals surface area contributed by atoms with Crippen LogP contribution in [-0.4, -0.2) is 9.97 Å². The molecule has 0 aliphatic rings. The lowest BCUT2D eigenvalue weighted by Gasteiger charge is -1.98. The van der Waals surface area contributed by atoms with Crippen molar-refractivity contribution in [1.29, 1.82) is 0 Å². The minimum Gasteiger partial charge on any atom is -0.398 e. The average Bonchev–Trinajstić information content (AvgIpc) is 2.07. The summed E-state index contributed by atoms with van der Waals surface area (Å²) in [7, 11) is 0. The number of nitrogen functional groups attached to an aromatic ring is 1. The standard InChI is InChI=1S/C8H6FN3/c9-8-3-5-6(10)1-2-11-7(5)4-12-8/h1-4H,(H2,10,11). The summed E-state index contributed by atoms with van der Waals surface area (Å²) in [5, 5.41) is 0.602. The molecule has 0 fully saturated rings. The molecule has 0 unspecified atom stereocenters. The van der Waals surface area contributed by atoms with Gasteiger partial charge in [-0.3, -0.25) is 4.98 Å². The fourth-order valence-electron chi connectivity index (χ4n) is 1.04. The molecule has 4 heteroatoms. The maximum absolute atomic E-state index is 12.6. The van der Waals surface area contributed by atoms with Crippen LogP contribution < -0.4 is 5.73 Å². The fourth-order valence-corrected chi connectivity index (χ4v) is 1.04. The van der Waals surface area contributed by atoms with Gasteiger partial charge in [0.1, 0.15) is 0 Å². The Morgan fingerprint density at radius 2 is 2.17 bits per heavy atom. The quantitative estimate of drug-likeness (QED) is 0.596. The van der Waals surface area contributed by atoms with Gasteiger partial charge in [-0.25, -0.2) is 4.98 Å². The zero-order valence-corrected chi connectivity index (χ0v) is 6.16. The third kappa shape index (κ3) is 0.972. The van der Waals surface area contributed by atoms with Gasteiger partial charge in [0, 0.05) is 23.3 Å². The third-order valence-electron chi connectivity index (χ3n) is 1.63. The molecule has 3 nitrogen and oxygen atoms in total. The highest BCUT2D eigenvalue weighted by Gasteiger charge is 1.99. The van der Waals surface area contributed by atoms with E-state index in [4.69, 9.17) is 5.73 Å². The number of fused-ring (bicyclic) bond motifs is 1. The Bertz CT molecular complexity index is 428. The molecular formula is C8H6FN3. The van der Waals surface area contributed by atoms with Crippen molar-refractivity contribution in [1.82, 2.24) is 9.97 Å². The topological polar surface area (TPSA) is 51.8 Å². The number of halogens is 1. The second kappa shape index (κ2) is 2.41. The van der Waals surface area contributed by atoms with Crippen LogP contribution in [0.2, 0.25) is 0 Å². The lowest BCUT2D eigenvalue weighted by atomic mass is 10.2. The normalized spacial score (nSPS) is 10.4. The molecule has 0 aliphatic heterocycles. The van der Waals surface area contributed by atoms with Gasteiger partial charge in [0.2, 0.25) is 5.95 Å². The van der Waals surface area contributed by atoms with Crippen molar-refractivity contribution in [3.05, 3.63) is 30.5 Å². The lowest BCUT2D eigenvalue weighted by molar-refractivity contribution is 0.586. The Labute approximate surface area is 68.1 Å². The van der Waals surface area contributed by atoms with Crippen molar-refractivity contribution in [3.8, 4) is 0 Å². The first kappa shape index (κ1) is 6.97. The molecule has 0 spiro atoms. The SMILES string of the molecule is Nc1ccnc2cnc(F)cc12. The van der Waals surface area contributed by atoms with E-state index in [-0.39, 0.29) is 0 Å². The van der Waals surface area contributed by atoms with E-state index in [2.05, 4.69) is 9.97 Å². The first-order chi connectivity index (χ1) is 5.77. The summed E-state index contributed by atoms with van der Waals surface area (Å²) in [5.41, 5.74) is 6.71. The van der Waals surface area contributed by atoms with Crippen molar-refractivity contribution < 1.29 is 4.39 Å². The Hall–Kier alpha value is -1.71. The molecule has 2 rings (SSSR count). The van der Waals surface area contributed by atoms with Crippen LogP contribution in [0.4, 0.5) is 10.1 Å². The van der Waals surface area contributed by atoms with Gasteiger partial charge >= 0.3 is 0 Å². The highest BCUT2D eigenvalue weighted by Crippen LogP contribution is 2.17. The van der Waals surface area contributed by atoms with Gasteiger partial charge in [0.25, 0.3) is 0 Å². The van der Waals surface area contributed by atoms with Crippen molar-refractivity contribution in [2.45, 2.75) is 0 Å². The Kier molecular flexibility index (Phi) is 1.40. The number of hydrogen-bond donors (Lipinski definition) is 1. The number of pyridine rings is 2. The molecule has 0 aliphatic carbocycles. The van der Waals surface area contributed by atoms with E-state index in [1.807, 2.05) is 0 Å². The van der Waals surface area contributed by atoms with Gasteiger partial charge in [0.15, 0.2) is 0 Å². The van der Waals surface area contributed by atoms with E-state index in [1.54, 1.807) is 12.3 Å². The molecule has 0 radical (unpaired) electrons. The van der Waals surface area contributed by atoms with Gasteiger partial charge in [0.05, 0.1) is 11.7 Å². The van der Waals surface area contributed by atoms with E-state index < -0.39 is 5.95 Å². The molecule has 2 heterocycles. The van der Waals surface area contributed by atoms with Crippen molar-refractivity contribution in [2.75, 3.05) is 5.73 Å². The van der Waals surface area contributed by atoms with Gasteiger partial charge in [-0.05, 0) is 6.07 Å². The Balaban J connectivity index is 2.88. The number of rotatable bonds is 0. The maximum atomic E-state index is 12.6. The number of aromatic nitrogens is 2. The monoisotopic (exact) mass is 163 g/mol. The second-order valence-corrected chi connectivity index (χ2v) is 2.42. The second-order valence-electron chi connectivity index (χ2n) is 2.42. The number of nitrogens with zero attached hydrogens (tertiary/aromatic N) is 2. The van der Waals surface area contributed by atoms with Crippen LogP contribution in [0.1, 0.15) is 0 Å². The van der Waals surface area contributed by atoms with Gasteiger partial charge in [-0.2, -0.15) is 4.39 Å². The molecule has 0 amide bonds. The molecule has 2 aromatic rings. The largest absolute Gasteiger partial charge is 0.398 e. The molecular weight excluding hydrogens is 157 g/mol. The average molecular weight is 163 g/mol. The van der Waals surface area contributed by atoms with E-state index in [9.17, 15) is 4.39 Å². The number of hydrogen-bond acceptors (Lipinski definition) is 3. The zero-order chi connectivity index (χ0) is 8.55. The molecule has 0 saturated carbocycles. The first-order valence-corrected chi connectivity index (χ1v) is 3.43. The summed E-state index contributed by atoms with van der Waals surface area (Å²) in [4.78, 5) is 7.44.